The fraction of sp³-hybridized carbons (Fsp3) is 0. The Kier molecular flexibility index (Phi) is 7.06. The van der Waals surface area contributed by atoms with Crippen molar-refractivity contribution in [3.63, 3.8) is 0 Å². The van der Waals surface area contributed by atoms with Gasteiger partial charge in [-0.25, -0.2) is 4.98 Å². The lowest BCUT2D eigenvalue weighted by Gasteiger charge is -2.09. The van der Waals surface area contributed by atoms with Crippen molar-refractivity contribution in [3.8, 4) is 22.4 Å². The SMILES string of the molecule is Nc1c(C(=O)Nc2ccc(C(=O)C=Cc3cccs3)cc2)sc2nc(-c3ccccc3)cc(-c3ccccc3)c12. The number of rotatable bonds is 7. The summed E-state index contributed by atoms with van der Waals surface area (Å²) in [5.74, 6) is -0.425. The first-order chi connectivity index (χ1) is 19.6. The molecule has 7 heteroatoms. The van der Waals surface area contributed by atoms with E-state index >= 15 is 0 Å². The number of nitrogens with one attached hydrogen (secondary N) is 1. The molecular formula is C33H23N3O2S2. The van der Waals surface area contributed by atoms with E-state index in [1.165, 1.54) is 11.3 Å². The Morgan fingerprint density at radius 3 is 2.20 bits per heavy atom. The highest BCUT2D eigenvalue weighted by atomic mass is 32.1. The van der Waals surface area contributed by atoms with Crippen molar-refractivity contribution in [1.29, 1.82) is 0 Å². The van der Waals surface area contributed by atoms with Crippen molar-refractivity contribution in [1.82, 2.24) is 4.98 Å². The number of allylic oxidation sites excluding steroid dienone is 1. The van der Waals surface area contributed by atoms with Gasteiger partial charge in [-0.2, -0.15) is 0 Å². The highest BCUT2D eigenvalue weighted by Gasteiger charge is 2.22. The van der Waals surface area contributed by atoms with Gasteiger partial charge >= 0.3 is 0 Å². The molecule has 0 saturated carbocycles. The van der Waals surface area contributed by atoms with E-state index in [1.807, 2.05) is 84.2 Å². The molecule has 0 atom stereocenters. The lowest BCUT2D eigenvalue weighted by Crippen LogP contribution is -2.12. The second-order valence-corrected chi connectivity index (χ2v) is 11.0. The number of carbonyl (C=O) groups is 2. The van der Waals surface area contributed by atoms with E-state index < -0.39 is 0 Å². The smallest absolute Gasteiger partial charge is 0.267 e. The van der Waals surface area contributed by atoms with Crippen LogP contribution in [0.15, 0.2) is 115 Å². The summed E-state index contributed by atoms with van der Waals surface area (Å²) in [6.07, 6.45) is 3.35. The highest BCUT2D eigenvalue weighted by Crippen LogP contribution is 2.41. The molecule has 6 aromatic rings. The second-order valence-electron chi connectivity index (χ2n) is 9.06. The molecule has 1 amide bonds. The quantitative estimate of drug-likeness (QED) is 0.152. The lowest BCUT2D eigenvalue weighted by molar-refractivity contribution is 0.102. The molecule has 0 aliphatic rings. The van der Waals surface area contributed by atoms with Crippen molar-refractivity contribution >= 4 is 62.0 Å². The zero-order valence-electron chi connectivity index (χ0n) is 21.2. The Bertz CT molecular complexity index is 1840. The number of amides is 1. The zero-order chi connectivity index (χ0) is 27.5. The van der Waals surface area contributed by atoms with Gasteiger partial charge in [0.25, 0.3) is 5.91 Å². The summed E-state index contributed by atoms with van der Waals surface area (Å²) in [6.45, 7) is 0. The summed E-state index contributed by atoms with van der Waals surface area (Å²) >= 11 is 2.84. The molecule has 194 valence electrons. The first-order valence-corrected chi connectivity index (χ1v) is 14.3. The van der Waals surface area contributed by atoms with Gasteiger partial charge in [-0.3, -0.25) is 9.59 Å². The van der Waals surface area contributed by atoms with Gasteiger partial charge in [0.2, 0.25) is 0 Å². The molecule has 3 N–H and O–H groups in total. The van der Waals surface area contributed by atoms with Gasteiger partial charge < -0.3 is 11.1 Å². The number of pyridine rings is 1. The Morgan fingerprint density at radius 1 is 0.825 bits per heavy atom. The highest BCUT2D eigenvalue weighted by molar-refractivity contribution is 7.21. The predicted octanol–water partition coefficient (Wildman–Crippen LogP) is 8.42. The monoisotopic (exact) mass is 557 g/mol. The van der Waals surface area contributed by atoms with E-state index in [9.17, 15) is 9.59 Å². The number of ketones is 1. The van der Waals surface area contributed by atoms with E-state index in [0.29, 0.717) is 26.6 Å². The summed E-state index contributed by atoms with van der Waals surface area (Å²) in [5.41, 5.74) is 11.8. The maximum absolute atomic E-state index is 13.4. The average molecular weight is 558 g/mol. The Morgan fingerprint density at radius 2 is 1.52 bits per heavy atom. The number of anilines is 2. The Labute approximate surface area is 239 Å². The molecule has 40 heavy (non-hydrogen) atoms. The molecule has 3 aromatic heterocycles. The number of hydrogen-bond donors (Lipinski definition) is 2. The van der Waals surface area contributed by atoms with Gasteiger partial charge in [0, 0.05) is 27.1 Å². The Hall–Kier alpha value is -4.85. The Balaban J connectivity index is 1.30. The van der Waals surface area contributed by atoms with Crippen molar-refractivity contribution in [3.05, 3.63) is 130 Å². The molecule has 0 saturated heterocycles. The molecule has 5 nitrogen and oxygen atoms in total. The predicted molar refractivity (Wildman–Crippen MR) is 167 cm³/mol. The molecule has 0 fully saturated rings. The summed E-state index contributed by atoms with van der Waals surface area (Å²) < 4.78 is 0. The molecule has 3 aromatic carbocycles. The average Bonchev–Trinajstić information content (AvgIpc) is 3.64. The first-order valence-electron chi connectivity index (χ1n) is 12.6. The number of thiophene rings is 2. The van der Waals surface area contributed by atoms with Gasteiger partial charge in [-0.15, -0.1) is 22.7 Å². The minimum absolute atomic E-state index is 0.103. The van der Waals surface area contributed by atoms with Crippen LogP contribution < -0.4 is 11.1 Å². The molecule has 3 heterocycles. The molecule has 0 radical (unpaired) electrons. The van der Waals surface area contributed by atoms with Crippen LogP contribution in [-0.2, 0) is 0 Å². The van der Waals surface area contributed by atoms with Crippen LogP contribution >= 0.6 is 22.7 Å². The molecule has 0 aliphatic carbocycles. The van der Waals surface area contributed by atoms with Crippen LogP contribution in [0.4, 0.5) is 11.4 Å². The number of benzene rings is 3. The van der Waals surface area contributed by atoms with Crippen molar-refractivity contribution in [2.75, 3.05) is 11.1 Å². The van der Waals surface area contributed by atoms with E-state index in [-0.39, 0.29) is 11.7 Å². The van der Waals surface area contributed by atoms with Crippen LogP contribution in [-0.4, -0.2) is 16.7 Å². The van der Waals surface area contributed by atoms with Crippen LogP contribution in [0.5, 0.6) is 0 Å². The van der Waals surface area contributed by atoms with Gasteiger partial charge in [0.05, 0.1) is 11.4 Å². The first kappa shape index (κ1) is 25.4. The third kappa shape index (κ3) is 5.20. The maximum atomic E-state index is 13.4. The summed E-state index contributed by atoms with van der Waals surface area (Å²) in [6, 6.07) is 32.7. The normalized spacial score (nSPS) is 11.2. The van der Waals surface area contributed by atoms with Gasteiger partial charge in [-0.05, 0) is 65.1 Å². The van der Waals surface area contributed by atoms with Crippen LogP contribution in [0.3, 0.4) is 0 Å². The summed E-state index contributed by atoms with van der Waals surface area (Å²) in [5, 5.41) is 5.65. The third-order valence-electron chi connectivity index (χ3n) is 6.43. The fourth-order valence-corrected chi connectivity index (χ4v) is 6.07. The number of nitrogen functional groups attached to an aromatic ring is 1. The number of carbonyl (C=O) groups excluding carboxylic acids is 2. The minimum Gasteiger partial charge on any atom is -0.397 e. The lowest BCUT2D eigenvalue weighted by atomic mass is 9.99. The minimum atomic E-state index is -0.322. The van der Waals surface area contributed by atoms with Crippen molar-refractivity contribution < 1.29 is 9.59 Å². The number of nitrogens with two attached hydrogens (primary N) is 1. The number of nitrogens with zero attached hydrogens (tertiary/aromatic N) is 1. The van der Waals surface area contributed by atoms with Gasteiger partial charge in [-0.1, -0.05) is 66.7 Å². The number of fused-ring (bicyclic) bond motifs is 1. The second kappa shape index (κ2) is 11.1. The molecule has 0 spiro atoms. The van der Waals surface area contributed by atoms with Gasteiger partial charge in [0.15, 0.2) is 5.78 Å². The van der Waals surface area contributed by atoms with E-state index in [1.54, 1.807) is 47.8 Å². The topological polar surface area (TPSA) is 85.1 Å². The van der Waals surface area contributed by atoms with E-state index in [4.69, 9.17) is 10.7 Å². The molecule has 0 unspecified atom stereocenters. The standard InChI is InChI=1S/C33H23N3O2S2/c34-30-29-26(21-8-3-1-4-9-21)20-27(22-10-5-2-6-11-22)36-33(29)40-31(30)32(38)35-24-15-13-23(14-16-24)28(37)18-17-25-12-7-19-39-25/h1-20H,34H2,(H,35,38). The van der Waals surface area contributed by atoms with E-state index in [0.717, 1.165) is 32.6 Å². The number of hydrogen-bond acceptors (Lipinski definition) is 6. The van der Waals surface area contributed by atoms with E-state index in [2.05, 4.69) is 5.32 Å². The largest absolute Gasteiger partial charge is 0.397 e. The van der Waals surface area contributed by atoms with Crippen LogP contribution in [0.1, 0.15) is 24.9 Å². The number of aromatic nitrogens is 1. The molecule has 0 aliphatic heterocycles. The zero-order valence-corrected chi connectivity index (χ0v) is 22.8. The van der Waals surface area contributed by atoms with Crippen LogP contribution in [0, 0.1) is 0 Å². The summed E-state index contributed by atoms with van der Waals surface area (Å²) in [4.78, 5) is 32.9. The fourth-order valence-electron chi connectivity index (χ4n) is 4.44. The van der Waals surface area contributed by atoms with Gasteiger partial charge in [0.1, 0.15) is 9.71 Å². The summed E-state index contributed by atoms with van der Waals surface area (Å²) in [7, 11) is 0. The maximum Gasteiger partial charge on any atom is 0.267 e. The van der Waals surface area contributed by atoms with Crippen LogP contribution in [0.2, 0.25) is 0 Å². The third-order valence-corrected chi connectivity index (χ3v) is 8.36. The van der Waals surface area contributed by atoms with Crippen molar-refractivity contribution in [2.45, 2.75) is 0 Å². The molecule has 6 rings (SSSR count). The van der Waals surface area contributed by atoms with Crippen LogP contribution in [0.25, 0.3) is 38.7 Å². The molecule has 0 bridgehead atoms. The molecular weight excluding hydrogens is 535 g/mol. The van der Waals surface area contributed by atoms with Crippen molar-refractivity contribution in [2.24, 2.45) is 0 Å².